The number of phenolic OH excluding ortho intramolecular Hbond substituents is 1. The number of ether oxygens (including phenoxy) is 3. The highest BCUT2D eigenvalue weighted by Gasteiger charge is 2.22. The quantitative estimate of drug-likeness (QED) is 0.697. The van der Waals surface area contributed by atoms with Gasteiger partial charge in [-0.25, -0.2) is 0 Å². The third-order valence-corrected chi connectivity index (χ3v) is 4.61. The Morgan fingerprint density at radius 2 is 1.67 bits per heavy atom. The molecule has 1 atom stereocenters. The second kappa shape index (κ2) is 7.46. The van der Waals surface area contributed by atoms with E-state index in [1.54, 1.807) is 13.2 Å². The minimum absolute atomic E-state index is 0.148. The molecule has 0 aromatic heterocycles. The summed E-state index contributed by atoms with van der Waals surface area (Å²) in [5.74, 6) is 2.04. The van der Waals surface area contributed by atoms with E-state index in [9.17, 15) is 5.11 Å². The molecule has 1 heterocycles. The highest BCUT2D eigenvalue weighted by molar-refractivity contribution is 5.59. The average Bonchev–Trinajstić information content (AvgIpc) is 3.16. The van der Waals surface area contributed by atoms with E-state index in [1.165, 1.54) is 0 Å². The molecule has 0 aliphatic carbocycles. The molecule has 0 spiro atoms. The predicted octanol–water partition coefficient (Wildman–Crippen LogP) is 4.97. The maximum atomic E-state index is 10.6. The zero-order chi connectivity index (χ0) is 18.6. The fraction of sp³-hybridized carbons (Fsp3) is 0.130. The maximum Gasteiger partial charge on any atom is 0.231 e. The van der Waals surface area contributed by atoms with Gasteiger partial charge in [-0.2, -0.15) is 0 Å². The number of fused-ring (bicyclic) bond motifs is 1. The van der Waals surface area contributed by atoms with Crippen molar-refractivity contribution in [3.8, 4) is 23.0 Å². The van der Waals surface area contributed by atoms with Crippen molar-refractivity contribution in [1.29, 1.82) is 0 Å². The van der Waals surface area contributed by atoms with Crippen LogP contribution in [-0.2, 0) is 0 Å². The van der Waals surface area contributed by atoms with E-state index in [0.29, 0.717) is 11.5 Å². The lowest BCUT2D eigenvalue weighted by Crippen LogP contribution is -1.99. The van der Waals surface area contributed by atoms with E-state index in [0.717, 1.165) is 22.4 Å². The van der Waals surface area contributed by atoms with Gasteiger partial charge in [-0.15, -0.1) is 0 Å². The van der Waals surface area contributed by atoms with Crippen LogP contribution in [0.5, 0.6) is 23.0 Å². The van der Waals surface area contributed by atoms with E-state index < -0.39 is 0 Å². The van der Waals surface area contributed by atoms with Gasteiger partial charge in [0.2, 0.25) is 6.79 Å². The van der Waals surface area contributed by atoms with Crippen LogP contribution in [0.2, 0.25) is 0 Å². The first kappa shape index (κ1) is 17.0. The molecule has 0 radical (unpaired) electrons. The van der Waals surface area contributed by atoms with Crippen LogP contribution in [0.15, 0.2) is 72.8 Å². The third-order valence-electron chi connectivity index (χ3n) is 4.61. The minimum atomic E-state index is -0.148. The van der Waals surface area contributed by atoms with Crippen molar-refractivity contribution in [2.24, 2.45) is 0 Å². The summed E-state index contributed by atoms with van der Waals surface area (Å²) in [5.41, 5.74) is 2.89. The van der Waals surface area contributed by atoms with Crippen molar-refractivity contribution in [2.75, 3.05) is 13.9 Å². The van der Waals surface area contributed by atoms with Gasteiger partial charge in [0, 0.05) is 17.5 Å². The van der Waals surface area contributed by atoms with Gasteiger partial charge in [0.1, 0.15) is 11.5 Å². The van der Waals surface area contributed by atoms with Gasteiger partial charge in [-0.1, -0.05) is 54.6 Å². The van der Waals surface area contributed by atoms with Crippen LogP contribution in [0.1, 0.15) is 22.6 Å². The van der Waals surface area contributed by atoms with Crippen LogP contribution in [0.4, 0.5) is 0 Å². The number of benzene rings is 3. The molecule has 0 amide bonds. The predicted molar refractivity (Wildman–Crippen MR) is 105 cm³/mol. The third kappa shape index (κ3) is 3.60. The first-order valence-electron chi connectivity index (χ1n) is 8.74. The van der Waals surface area contributed by atoms with Crippen LogP contribution in [-0.4, -0.2) is 19.0 Å². The SMILES string of the molecule is COc1ccc([C@H](/C=C/c2ccccc2)c2cc3c(cc2O)OCO3)cc1. The van der Waals surface area contributed by atoms with Crippen LogP contribution in [0.3, 0.4) is 0 Å². The average molecular weight is 360 g/mol. The zero-order valence-corrected chi connectivity index (χ0v) is 15.0. The Kier molecular flexibility index (Phi) is 4.71. The molecule has 0 unspecified atom stereocenters. The molecule has 0 saturated carbocycles. The van der Waals surface area contributed by atoms with Gasteiger partial charge < -0.3 is 19.3 Å². The Bertz CT molecular complexity index is 946. The Morgan fingerprint density at radius 1 is 0.963 bits per heavy atom. The number of aromatic hydroxyl groups is 1. The molecule has 4 heteroatoms. The summed E-state index contributed by atoms with van der Waals surface area (Å²) in [6, 6.07) is 21.4. The monoisotopic (exact) mass is 360 g/mol. The number of hydrogen-bond acceptors (Lipinski definition) is 4. The largest absolute Gasteiger partial charge is 0.507 e. The Hall–Kier alpha value is -3.40. The first-order valence-corrected chi connectivity index (χ1v) is 8.74. The lowest BCUT2D eigenvalue weighted by atomic mass is 9.89. The molecule has 27 heavy (non-hydrogen) atoms. The van der Waals surface area contributed by atoms with E-state index >= 15 is 0 Å². The van der Waals surface area contributed by atoms with Crippen molar-refractivity contribution >= 4 is 6.08 Å². The highest BCUT2D eigenvalue weighted by Crippen LogP contribution is 2.42. The summed E-state index contributed by atoms with van der Waals surface area (Å²) in [6.45, 7) is 0.172. The number of phenols is 1. The van der Waals surface area contributed by atoms with Crippen molar-refractivity contribution in [2.45, 2.75) is 5.92 Å². The second-order valence-electron chi connectivity index (χ2n) is 6.28. The molecule has 0 bridgehead atoms. The van der Waals surface area contributed by atoms with Gasteiger partial charge in [-0.3, -0.25) is 0 Å². The topological polar surface area (TPSA) is 47.9 Å². The standard InChI is InChI=1S/C23H20O4/c1-25-18-10-8-17(9-11-18)19(12-7-16-5-3-2-4-6-16)20-13-22-23(14-21(20)24)27-15-26-22/h2-14,19,24H,15H2,1H3/b12-7+/t19-/m0/s1. The maximum absolute atomic E-state index is 10.6. The molecule has 3 aromatic rings. The summed E-state index contributed by atoms with van der Waals surface area (Å²) in [5, 5.41) is 10.6. The summed E-state index contributed by atoms with van der Waals surface area (Å²) >= 11 is 0. The molecule has 1 aliphatic heterocycles. The van der Waals surface area contributed by atoms with E-state index in [1.807, 2.05) is 60.7 Å². The fourth-order valence-electron chi connectivity index (χ4n) is 3.17. The van der Waals surface area contributed by atoms with Crippen molar-refractivity contribution in [1.82, 2.24) is 0 Å². The molecular formula is C23H20O4. The van der Waals surface area contributed by atoms with Crippen molar-refractivity contribution < 1.29 is 19.3 Å². The van der Waals surface area contributed by atoms with Gasteiger partial charge in [0.25, 0.3) is 0 Å². The first-order chi connectivity index (χ1) is 13.2. The van der Waals surface area contributed by atoms with Crippen molar-refractivity contribution in [3.63, 3.8) is 0 Å². The van der Waals surface area contributed by atoms with Crippen molar-refractivity contribution in [3.05, 3.63) is 89.5 Å². The zero-order valence-electron chi connectivity index (χ0n) is 15.0. The van der Waals surface area contributed by atoms with Gasteiger partial charge in [-0.05, 0) is 29.3 Å². The molecule has 1 aliphatic rings. The summed E-state index contributed by atoms with van der Waals surface area (Å²) < 4.78 is 16.1. The molecule has 0 fully saturated rings. The van der Waals surface area contributed by atoms with Gasteiger partial charge in [0.05, 0.1) is 7.11 Å². The summed E-state index contributed by atoms with van der Waals surface area (Å²) in [7, 11) is 1.64. The van der Waals surface area contributed by atoms with Crippen LogP contribution < -0.4 is 14.2 Å². The molecular weight excluding hydrogens is 340 g/mol. The minimum Gasteiger partial charge on any atom is -0.507 e. The smallest absolute Gasteiger partial charge is 0.231 e. The van der Waals surface area contributed by atoms with Crippen LogP contribution in [0, 0.1) is 0 Å². The summed E-state index contributed by atoms with van der Waals surface area (Å²) in [4.78, 5) is 0. The van der Waals surface area contributed by atoms with Crippen LogP contribution >= 0.6 is 0 Å². The molecule has 4 rings (SSSR count). The second-order valence-corrected chi connectivity index (χ2v) is 6.28. The van der Waals surface area contributed by atoms with E-state index in [-0.39, 0.29) is 18.5 Å². The lowest BCUT2D eigenvalue weighted by molar-refractivity contribution is 0.174. The Balaban J connectivity index is 1.77. The molecule has 136 valence electrons. The van der Waals surface area contributed by atoms with Gasteiger partial charge in [0.15, 0.2) is 11.5 Å². The molecule has 3 aromatic carbocycles. The number of allylic oxidation sites excluding steroid dienone is 1. The molecule has 1 N–H and O–H groups in total. The lowest BCUT2D eigenvalue weighted by Gasteiger charge is -2.17. The number of rotatable bonds is 5. The van der Waals surface area contributed by atoms with E-state index in [4.69, 9.17) is 14.2 Å². The Morgan fingerprint density at radius 3 is 2.37 bits per heavy atom. The molecule has 4 nitrogen and oxygen atoms in total. The Labute approximate surface area is 158 Å². The molecule has 0 saturated heterocycles. The van der Waals surface area contributed by atoms with Crippen LogP contribution in [0.25, 0.3) is 6.08 Å². The fourth-order valence-corrected chi connectivity index (χ4v) is 3.17. The summed E-state index contributed by atoms with van der Waals surface area (Å²) in [6.07, 6.45) is 4.13. The number of hydrogen-bond donors (Lipinski definition) is 1. The van der Waals surface area contributed by atoms with E-state index in [2.05, 4.69) is 12.2 Å². The van der Waals surface area contributed by atoms with Gasteiger partial charge >= 0.3 is 0 Å². The number of methoxy groups -OCH3 is 1. The normalized spacial score (nSPS) is 13.7. The highest BCUT2D eigenvalue weighted by atomic mass is 16.7.